The Labute approximate surface area is 179 Å². The molecule has 0 aliphatic heterocycles. The Morgan fingerprint density at radius 1 is 0.967 bits per heavy atom. The van der Waals surface area contributed by atoms with Crippen molar-refractivity contribution < 1.29 is 23.0 Å². The van der Waals surface area contributed by atoms with Crippen LogP contribution in [0.4, 0.5) is 5.69 Å². The SMILES string of the molecule is COc1ccc(NS(=O)(=O)c2ccc3c(c2)c2ccc(O)cc2n3C)c(OC)n1.Cl. The van der Waals surface area contributed by atoms with Crippen molar-refractivity contribution in [1.82, 2.24) is 9.55 Å². The molecule has 2 aromatic carbocycles. The van der Waals surface area contributed by atoms with E-state index in [1.807, 2.05) is 11.6 Å². The van der Waals surface area contributed by atoms with Crippen LogP contribution in [0.25, 0.3) is 21.8 Å². The molecule has 0 saturated heterocycles. The smallest absolute Gasteiger partial charge is 0.262 e. The average molecular weight is 450 g/mol. The summed E-state index contributed by atoms with van der Waals surface area (Å²) in [6.45, 7) is 0. The molecule has 0 unspecified atom stereocenters. The lowest BCUT2D eigenvalue weighted by Crippen LogP contribution is -2.14. The van der Waals surface area contributed by atoms with Crippen LogP contribution in [0, 0.1) is 0 Å². The third kappa shape index (κ3) is 3.57. The van der Waals surface area contributed by atoms with Crippen LogP contribution in [0.2, 0.25) is 0 Å². The molecule has 0 fully saturated rings. The Morgan fingerprint density at radius 2 is 1.73 bits per heavy atom. The maximum atomic E-state index is 13.0. The van der Waals surface area contributed by atoms with Crippen LogP contribution < -0.4 is 14.2 Å². The van der Waals surface area contributed by atoms with Gasteiger partial charge < -0.3 is 19.1 Å². The number of rotatable bonds is 5. The molecule has 4 rings (SSSR count). The first-order valence-corrected chi connectivity index (χ1v) is 10.2. The van der Waals surface area contributed by atoms with Crippen molar-refractivity contribution in [2.75, 3.05) is 18.9 Å². The third-order valence-corrected chi connectivity index (χ3v) is 6.12. The molecule has 30 heavy (non-hydrogen) atoms. The van der Waals surface area contributed by atoms with Crippen LogP contribution in [0.1, 0.15) is 0 Å². The molecule has 0 atom stereocenters. The predicted octanol–water partition coefficient (Wildman–Crippen LogP) is 3.67. The molecular formula is C20H20ClN3O5S. The highest BCUT2D eigenvalue weighted by atomic mass is 35.5. The molecule has 4 aromatic rings. The van der Waals surface area contributed by atoms with Crippen molar-refractivity contribution in [2.24, 2.45) is 7.05 Å². The van der Waals surface area contributed by atoms with E-state index in [4.69, 9.17) is 9.47 Å². The Bertz CT molecular complexity index is 1350. The quantitative estimate of drug-likeness (QED) is 0.482. The van der Waals surface area contributed by atoms with Gasteiger partial charge in [-0.3, -0.25) is 4.72 Å². The van der Waals surface area contributed by atoms with Gasteiger partial charge in [0.2, 0.25) is 11.8 Å². The minimum atomic E-state index is -3.89. The van der Waals surface area contributed by atoms with Crippen molar-refractivity contribution in [3.8, 4) is 17.5 Å². The molecule has 2 aromatic heterocycles. The van der Waals surface area contributed by atoms with Gasteiger partial charge in [0.25, 0.3) is 10.0 Å². The van der Waals surface area contributed by atoms with Gasteiger partial charge in [-0.1, -0.05) is 0 Å². The number of methoxy groups -OCH3 is 2. The number of aromatic hydroxyl groups is 1. The first-order chi connectivity index (χ1) is 13.8. The number of benzene rings is 2. The molecule has 0 amide bonds. The number of halogens is 1. The molecule has 158 valence electrons. The molecule has 0 spiro atoms. The summed E-state index contributed by atoms with van der Waals surface area (Å²) >= 11 is 0. The van der Waals surface area contributed by atoms with E-state index in [1.165, 1.54) is 26.4 Å². The molecule has 0 saturated carbocycles. The Balaban J connectivity index is 0.00000256. The summed E-state index contributed by atoms with van der Waals surface area (Å²) in [6.07, 6.45) is 0. The summed E-state index contributed by atoms with van der Waals surface area (Å²) in [5.74, 6) is 0.567. The summed E-state index contributed by atoms with van der Waals surface area (Å²) < 4.78 is 40.6. The summed E-state index contributed by atoms with van der Waals surface area (Å²) in [7, 11) is 0.835. The fourth-order valence-electron chi connectivity index (χ4n) is 3.32. The molecule has 0 radical (unpaired) electrons. The van der Waals surface area contributed by atoms with E-state index in [2.05, 4.69) is 9.71 Å². The average Bonchev–Trinajstić information content (AvgIpc) is 2.99. The van der Waals surface area contributed by atoms with Crippen molar-refractivity contribution in [3.05, 3.63) is 48.5 Å². The molecule has 10 heteroatoms. The molecule has 0 bridgehead atoms. The second-order valence-corrected chi connectivity index (χ2v) is 8.14. The van der Waals surface area contributed by atoms with Crippen molar-refractivity contribution in [3.63, 3.8) is 0 Å². The summed E-state index contributed by atoms with van der Waals surface area (Å²) in [6, 6.07) is 13.0. The van der Waals surface area contributed by atoms with Gasteiger partial charge >= 0.3 is 0 Å². The number of nitrogens with one attached hydrogen (secondary N) is 1. The van der Waals surface area contributed by atoms with E-state index in [0.29, 0.717) is 5.88 Å². The van der Waals surface area contributed by atoms with Crippen LogP contribution in [0.5, 0.6) is 17.5 Å². The molecule has 0 aliphatic rings. The van der Waals surface area contributed by atoms with E-state index < -0.39 is 10.0 Å². The van der Waals surface area contributed by atoms with E-state index in [9.17, 15) is 13.5 Å². The van der Waals surface area contributed by atoms with Crippen LogP contribution in [-0.4, -0.2) is 37.3 Å². The Morgan fingerprint density at radius 3 is 2.43 bits per heavy atom. The zero-order valence-electron chi connectivity index (χ0n) is 16.4. The zero-order chi connectivity index (χ0) is 20.8. The number of phenols is 1. The number of anilines is 1. The first-order valence-electron chi connectivity index (χ1n) is 8.67. The fraction of sp³-hybridized carbons (Fsp3) is 0.150. The van der Waals surface area contributed by atoms with Gasteiger partial charge in [-0.25, -0.2) is 8.42 Å². The lowest BCUT2D eigenvalue weighted by Gasteiger charge is -2.12. The lowest BCUT2D eigenvalue weighted by molar-refractivity contribution is 0.366. The molecule has 0 aliphatic carbocycles. The maximum absolute atomic E-state index is 13.0. The number of aryl methyl sites for hydroxylation is 1. The second kappa shape index (κ2) is 7.92. The number of sulfonamides is 1. The van der Waals surface area contributed by atoms with E-state index in [1.54, 1.807) is 36.4 Å². The largest absolute Gasteiger partial charge is 0.508 e. The van der Waals surface area contributed by atoms with Gasteiger partial charge in [0.15, 0.2) is 0 Å². The number of hydrogen-bond donors (Lipinski definition) is 2. The van der Waals surface area contributed by atoms with Gasteiger partial charge in [0, 0.05) is 35.5 Å². The number of phenolic OH excluding ortho intramolecular Hbond substituents is 1. The number of pyridine rings is 1. The van der Waals surface area contributed by atoms with Crippen LogP contribution in [-0.2, 0) is 17.1 Å². The summed E-state index contributed by atoms with van der Waals surface area (Å²) in [4.78, 5) is 4.19. The number of hydrogen-bond acceptors (Lipinski definition) is 6. The number of fused-ring (bicyclic) bond motifs is 3. The summed E-state index contributed by atoms with van der Waals surface area (Å²) in [5, 5.41) is 11.4. The van der Waals surface area contributed by atoms with Crippen molar-refractivity contribution >= 4 is 49.9 Å². The predicted molar refractivity (Wildman–Crippen MR) is 117 cm³/mol. The first kappa shape index (κ1) is 21.5. The molecule has 8 nitrogen and oxygen atoms in total. The topological polar surface area (TPSA) is 103 Å². The Kier molecular flexibility index (Phi) is 5.69. The number of ether oxygens (including phenoxy) is 2. The van der Waals surface area contributed by atoms with Gasteiger partial charge in [-0.15, -0.1) is 12.4 Å². The third-order valence-electron chi connectivity index (χ3n) is 4.75. The zero-order valence-corrected chi connectivity index (χ0v) is 18.0. The van der Waals surface area contributed by atoms with Crippen LogP contribution in [0.3, 0.4) is 0 Å². The monoisotopic (exact) mass is 449 g/mol. The minimum Gasteiger partial charge on any atom is -0.508 e. The fourth-order valence-corrected chi connectivity index (χ4v) is 4.40. The normalized spacial score (nSPS) is 11.3. The Hall–Kier alpha value is -3.17. The van der Waals surface area contributed by atoms with E-state index in [0.717, 1.165) is 21.8 Å². The minimum absolute atomic E-state index is 0. The van der Waals surface area contributed by atoms with Crippen molar-refractivity contribution in [2.45, 2.75) is 4.90 Å². The number of aromatic nitrogens is 2. The highest BCUT2D eigenvalue weighted by Crippen LogP contribution is 2.33. The van der Waals surface area contributed by atoms with E-state index in [-0.39, 0.29) is 34.6 Å². The summed E-state index contributed by atoms with van der Waals surface area (Å²) in [5.41, 5.74) is 1.87. The second-order valence-electron chi connectivity index (χ2n) is 6.46. The maximum Gasteiger partial charge on any atom is 0.262 e. The molecule has 2 heterocycles. The van der Waals surface area contributed by atoms with Crippen LogP contribution in [0.15, 0.2) is 53.4 Å². The van der Waals surface area contributed by atoms with Gasteiger partial charge in [-0.05, 0) is 36.4 Å². The standard InChI is InChI=1S/C20H19N3O5S.ClH/c1-23-17-8-5-13(11-15(17)14-6-4-12(24)10-18(14)23)29(25,26)22-16-7-9-19(27-2)21-20(16)28-3;/h4-11,22,24H,1-3H3;1H. The van der Waals surface area contributed by atoms with Gasteiger partial charge in [-0.2, -0.15) is 4.98 Å². The molecule has 2 N–H and O–H groups in total. The van der Waals surface area contributed by atoms with Crippen LogP contribution >= 0.6 is 12.4 Å². The van der Waals surface area contributed by atoms with Gasteiger partial charge in [0.1, 0.15) is 11.4 Å². The number of nitrogens with zero attached hydrogens (tertiary/aromatic N) is 2. The highest BCUT2D eigenvalue weighted by Gasteiger charge is 2.20. The highest BCUT2D eigenvalue weighted by molar-refractivity contribution is 7.92. The molecular weight excluding hydrogens is 430 g/mol. The lowest BCUT2D eigenvalue weighted by atomic mass is 10.1. The van der Waals surface area contributed by atoms with Gasteiger partial charge in [0.05, 0.1) is 24.6 Å². The van der Waals surface area contributed by atoms with Crippen molar-refractivity contribution in [1.29, 1.82) is 0 Å². The van der Waals surface area contributed by atoms with E-state index >= 15 is 0 Å².